The highest BCUT2D eigenvalue weighted by Crippen LogP contribution is 2.39. The Labute approximate surface area is 106 Å². The second-order valence-electron chi connectivity index (χ2n) is 4.63. The number of hydrogen-bond acceptors (Lipinski definition) is 2. The molecule has 1 amide bonds. The molecule has 0 bridgehead atoms. The Hall–Kier alpha value is -1.84. The van der Waals surface area contributed by atoms with Crippen LogP contribution in [0, 0.1) is 12.8 Å². The van der Waals surface area contributed by atoms with Crippen molar-refractivity contribution in [1.29, 1.82) is 0 Å². The summed E-state index contributed by atoms with van der Waals surface area (Å²) < 4.78 is 0. The van der Waals surface area contributed by atoms with Gasteiger partial charge in [-0.1, -0.05) is 24.3 Å². The van der Waals surface area contributed by atoms with Crippen molar-refractivity contribution in [2.45, 2.75) is 26.3 Å². The Kier molecular flexibility index (Phi) is 3.36. The van der Waals surface area contributed by atoms with Crippen LogP contribution in [0.1, 0.15) is 30.5 Å². The summed E-state index contributed by atoms with van der Waals surface area (Å²) in [6, 6.07) is 7.34. The lowest BCUT2D eigenvalue weighted by atomic mass is 9.91. The van der Waals surface area contributed by atoms with Crippen molar-refractivity contribution in [3.8, 4) is 0 Å². The molecular weight excluding hydrogens is 230 g/mol. The maximum atomic E-state index is 11.9. The minimum absolute atomic E-state index is 0.0712. The summed E-state index contributed by atoms with van der Waals surface area (Å²) >= 11 is 0. The van der Waals surface area contributed by atoms with Crippen LogP contribution in [0.5, 0.6) is 0 Å². The van der Waals surface area contributed by atoms with Crippen LogP contribution >= 0.6 is 0 Å². The van der Waals surface area contributed by atoms with Gasteiger partial charge < -0.3 is 10.0 Å². The van der Waals surface area contributed by atoms with E-state index in [2.05, 4.69) is 0 Å². The SMILES string of the molecule is CCN1C(=O)C[C@H](C(=O)O)[C@@H]1c1ccccc1C. The summed E-state index contributed by atoms with van der Waals surface area (Å²) in [6.45, 7) is 4.37. The maximum absolute atomic E-state index is 11.9. The number of carboxylic acid groups (broad SMARTS) is 1. The molecule has 1 aliphatic heterocycles. The van der Waals surface area contributed by atoms with Gasteiger partial charge in [-0.2, -0.15) is 0 Å². The number of likely N-dealkylation sites (tertiary alicyclic amines) is 1. The van der Waals surface area contributed by atoms with Gasteiger partial charge in [-0.05, 0) is 25.0 Å². The minimum Gasteiger partial charge on any atom is -0.481 e. The second-order valence-corrected chi connectivity index (χ2v) is 4.63. The van der Waals surface area contributed by atoms with E-state index in [0.29, 0.717) is 6.54 Å². The van der Waals surface area contributed by atoms with Crippen molar-refractivity contribution < 1.29 is 14.7 Å². The Bertz CT molecular complexity index is 484. The zero-order valence-electron chi connectivity index (χ0n) is 10.6. The zero-order chi connectivity index (χ0) is 13.3. The van der Waals surface area contributed by atoms with E-state index in [-0.39, 0.29) is 18.4 Å². The topological polar surface area (TPSA) is 57.6 Å². The minimum atomic E-state index is -0.896. The van der Waals surface area contributed by atoms with Gasteiger partial charge in [0.15, 0.2) is 0 Å². The molecular formula is C14H17NO3. The molecule has 0 aliphatic carbocycles. The highest BCUT2D eigenvalue weighted by Gasteiger charge is 2.44. The van der Waals surface area contributed by atoms with Crippen molar-refractivity contribution in [2.75, 3.05) is 6.54 Å². The van der Waals surface area contributed by atoms with Crippen LogP contribution in [-0.4, -0.2) is 28.4 Å². The van der Waals surface area contributed by atoms with Gasteiger partial charge in [-0.25, -0.2) is 0 Å². The number of carboxylic acids is 1. The smallest absolute Gasteiger partial charge is 0.309 e. The van der Waals surface area contributed by atoms with E-state index in [1.165, 1.54) is 0 Å². The third kappa shape index (κ3) is 1.98. The third-order valence-electron chi connectivity index (χ3n) is 3.60. The number of aliphatic carboxylic acids is 1. The standard InChI is InChI=1S/C14H17NO3/c1-3-15-12(16)8-11(14(17)18)13(15)10-7-5-4-6-9(10)2/h4-7,11,13H,3,8H2,1-2H3,(H,17,18)/t11-,13-/m0/s1. The Morgan fingerprint density at radius 2 is 2.11 bits per heavy atom. The summed E-state index contributed by atoms with van der Waals surface area (Å²) in [5.41, 5.74) is 1.97. The largest absolute Gasteiger partial charge is 0.481 e. The number of rotatable bonds is 3. The van der Waals surface area contributed by atoms with Crippen LogP contribution in [0.3, 0.4) is 0 Å². The summed E-state index contributed by atoms with van der Waals surface area (Å²) in [6.07, 6.45) is 0.0994. The average Bonchev–Trinajstić information content (AvgIpc) is 2.67. The van der Waals surface area contributed by atoms with E-state index in [0.717, 1.165) is 11.1 Å². The van der Waals surface area contributed by atoms with E-state index in [1.807, 2.05) is 38.1 Å². The summed E-state index contributed by atoms with van der Waals surface area (Å²) in [5.74, 6) is -1.61. The highest BCUT2D eigenvalue weighted by molar-refractivity contribution is 5.87. The molecule has 0 saturated carbocycles. The number of nitrogens with zero attached hydrogens (tertiary/aromatic N) is 1. The van der Waals surface area contributed by atoms with E-state index in [4.69, 9.17) is 0 Å². The molecule has 0 aromatic heterocycles. The molecule has 1 saturated heterocycles. The molecule has 1 aromatic rings. The number of carbonyl (C=O) groups excluding carboxylic acids is 1. The van der Waals surface area contributed by atoms with Crippen LogP contribution in [0.4, 0.5) is 0 Å². The molecule has 1 N–H and O–H groups in total. The highest BCUT2D eigenvalue weighted by atomic mass is 16.4. The number of benzene rings is 1. The summed E-state index contributed by atoms with van der Waals surface area (Å²) in [7, 11) is 0. The van der Waals surface area contributed by atoms with Crippen LogP contribution in [0.25, 0.3) is 0 Å². The first-order valence-electron chi connectivity index (χ1n) is 6.14. The molecule has 1 fully saturated rings. The van der Waals surface area contributed by atoms with Gasteiger partial charge in [-0.3, -0.25) is 9.59 Å². The molecule has 4 nitrogen and oxygen atoms in total. The van der Waals surface area contributed by atoms with Gasteiger partial charge in [0.2, 0.25) is 5.91 Å². The molecule has 18 heavy (non-hydrogen) atoms. The van der Waals surface area contributed by atoms with Gasteiger partial charge in [-0.15, -0.1) is 0 Å². The predicted molar refractivity (Wildman–Crippen MR) is 67.0 cm³/mol. The lowest BCUT2D eigenvalue weighted by Crippen LogP contribution is -2.30. The Balaban J connectivity index is 2.46. The van der Waals surface area contributed by atoms with Gasteiger partial charge in [0, 0.05) is 13.0 Å². The number of carbonyl (C=O) groups is 2. The molecule has 2 atom stereocenters. The molecule has 4 heteroatoms. The van der Waals surface area contributed by atoms with Crippen LogP contribution in [-0.2, 0) is 9.59 Å². The van der Waals surface area contributed by atoms with Crippen molar-refractivity contribution in [3.05, 3.63) is 35.4 Å². The van der Waals surface area contributed by atoms with Crippen LogP contribution < -0.4 is 0 Å². The summed E-state index contributed by atoms with van der Waals surface area (Å²) in [5, 5.41) is 9.29. The molecule has 1 aromatic carbocycles. The fraction of sp³-hybridized carbons (Fsp3) is 0.429. The van der Waals surface area contributed by atoms with Gasteiger partial charge in [0.05, 0.1) is 12.0 Å². The molecule has 1 aliphatic rings. The molecule has 0 unspecified atom stereocenters. The third-order valence-corrected chi connectivity index (χ3v) is 3.60. The first-order chi connectivity index (χ1) is 8.56. The number of amides is 1. The lowest BCUT2D eigenvalue weighted by Gasteiger charge is -2.27. The number of hydrogen-bond donors (Lipinski definition) is 1. The summed E-state index contributed by atoms with van der Waals surface area (Å²) in [4.78, 5) is 24.9. The first-order valence-corrected chi connectivity index (χ1v) is 6.14. The van der Waals surface area contributed by atoms with Crippen LogP contribution in [0.15, 0.2) is 24.3 Å². The van der Waals surface area contributed by atoms with Crippen molar-refractivity contribution in [1.82, 2.24) is 4.90 Å². The monoisotopic (exact) mass is 247 g/mol. The van der Waals surface area contributed by atoms with Crippen molar-refractivity contribution in [3.63, 3.8) is 0 Å². The van der Waals surface area contributed by atoms with E-state index in [1.54, 1.807) is 4.90 Å². The maximum Gasteiger partial charge on any atom is 0.309 e. The number of aryl methyl sites for hydroxylation is 1. The van der Waals surface area contributed by atoms with Gasteiger partial charge >= 0.3 is 5.97 Å². The average molecular weight is 247 g/mol. The molecule has 0 radical (unpaired) electrons. The second kappa shape index (κ2) is 4.80. The zero-order valence-corrected chi connectivity index (χ0v) is 10.6. The fourth-order valence-electron chi connectivity index (χ4n) is 2.69. The van der Waals surface area contributed by atoms with E-state index >= 15 is 0 Å². The predicted octanol–water partition coefficient (Wildman–Crippen LogP) is 1.99. The van der Waals surface area contributed by atoms with Crippen molar-refractivity contribution in [2.24, 2.45) is 5.92 Å². The van der Waals surface area contributed by atoms with Crippen molar-refractivity contribution >= 4 is 11.9 Å². The normalized spacial score (nSPS) is 23.4. The first kappa shape index (κ1) is 12.6. The van der Waals surface area contributed by atoms with Crippen LogP contribution in [0.2, 0.25) is 0 Å². The lowest BCUT2D eigenvalue weighted by molar-refractivity contribution is -0.142. The van der Waals surface area contributed by atoms with Gasteiger partial charge in [0.1, 0.15) is 0 Å². The molecule has 2 rings (SSSR count). The van der Waals surface area contributed by atoms with E-state index in [9.17, 15) is 14.7 Å². The Morgan fingerprint density at radius 1 is 1.44 bits per heavy atom. The van der Waals surface area contributed by atoms with E-state index < -0.39 is 11.9 Å². The molecule has 0 spiro atoms. The molecule has 96 valence electrons. The molecule has 1 heterocycles. The quantitative estimate of drug-likeness (QED) is 0.888. The fourth-order valence-corrected chi connectivity index (χ4v) is 2.69. The van der Waals surface area contributed by atoms with Gasteiger partial charge in [0.25, 0.3) is 0 Å². The Morgan fingerprint density at radius 3 is 2.67 bits per heavy atom.